The quantitative estimate of drug-likeness (QED) is 0.716. The summed E-state index contributed by atoms with van der Waals surface area (Å²) < 4.78 is 0. The van der Waals surface area contributed by atoms with Crippen LogP contribution in [0.5, 0.6) is 0 Å². The molecule has 0 heterocycles. The third kappa shape index (κ3) is 3.50. The van der Waals surface area contributed by atoms with Gasteiger partial charge in [-0.15, -0.1) is 0 Å². The molecule has 0 atom stereocenters. The largest absolute Gasteiger partial charge is 0.387 e. The van der Waals surface area contributed by atoms with Gasteiger partial charge in [-0.1, -0.05) is 0 Å². The van der Waals surface area contributed by atoms with E-state index < -0.39 is 0 Å². The number of allylic oxidation sites excluding steroid dienone is 2. The van der Waals surface area contributed by atoms with Crippen LogP contribution in [0.4, 0.5) is 0 Å². The highest BCUT2D eigenvalue weighted by molar-refractivity contribution is 5.92. The van der Waals surface area contributed by atoms with Crippen molar-refractivity contribution < 1.29 is 4.79 Å². The van der Waals surface area contributed by atoms with Crippen LogP contribution in [0, 0.1) is 0 Å². The molecule has 0 spiro atoms. The molecule has 1 aliphatic rings. The Balaban J connectivity index is 2.16. The first kappa shape index (κ1) is 11.2. The van der Waals surface area contributed by atoms with Crippen LogP contribution < -0.4 is 5.32 Å². The van der Waals surface area contributed by atoms with Crippen LogP contribution in [0.1, 0.15) is 26.7 Å². The van der Waals surface area contributed by atoms with E-state index in [-0.39, 0.29) is 5.78 Å². The third-order valence-electron chi connectivity index (χ3n) is 2.67. The molecule has 3 nitrogen and oxygen atoms in total. The molecule has 0 aromatic rings. The Labute approximate surface area is 86.2 Å². The van der Waals surface area contributed by atoms with Gasteiger partial charge < -0.3 is 10.2 Å². The molecule has 0 bridgehead atoms. The summed E-state index contributed by atoms with van der Waals surface area (Å²) in [5.74, 6) is 0.254. The molecule has 1 N–H and O–H groups in total. The van der Waals surface area contributed by atoms with Crippen LogP contribution in [-0.4, -0.2) is 36.9 Å². The molecule has 0 amide bonds. The molecular weight excluding hydrogens is 176 g/mol. The van der Waals surface area contributed by atoms with Gasteiger partial charge in [-0.25, -0.2) is 0 Å². The van der Waals surface area contributed by atoms with Crippen LogP contribution in [-0.2, 0) is 4.79 Å². The number of rotatable bonds is 5. The second-order valence-electron chi connectivity index (χ2n) is 4.14. The Morgan fingerprint density at radius 2 is 2.21 bits per heavy atom. The second kappa shape index (κ2) is 5.15. The summed E-state index contributed by atoms with van der Waals surface area (Å²) in [4.78, 5) is 13.2. The van der Waals surface area contributed by atoms with Gasteiger partial charge in [0.05, 0.1) is 0 Å². The summed E-state index contributed by atoms with van der Waals surface area (Å²) in [6, 6.07) is 0.580. The van der Waals surface area contributed by atoms with Crippen molar-refractivity contribution in [1.82, 2.24) is 10.2 Å². The van der Waals surface area contributed by atoms with E-state index in [1.807, 2.05) is 0 Å². The number of carbonyl (C=O) groups is 1. The SMILES string of the molecule is CC(C)N(C)CCNC1=CC(=O)CC1. The molecule has 3 heteroatoms. The maximum Gasteiger partial charge on any atom is 0.157 e. The summed E-state index contributed by atoms with van der Waals surface area (Å²) in [6.07, 6.45) is 3.31. The number of hydrogen-bond acceptors (Lipinski definition) is 3. The lowest BCUT2D eigenvalue weighted by Crippen LogP contribution is -2.33. The highest BCUT2D eigenvalue weighted by Gasteiger charge is 2.11. The van der Waals surface area contributed by atoms with E-state index in [0.29, 0.717) is 12.5 Å². The Morgan fingerprint density at radius 1 is 1.50 bits per heavy atom. The molecule has 0 unspecified atom stereocenters. The molecule has 1 aliphatic carbocycles. The van der Waals surface area contributed by atoms with Crippen molar-refractivity contribution in [2.45, 2.75) is 32.7 Å². The first-order valence-corrected chi connectivity index (χ1v) is 5.27. The number of nitrogens with zero attached hydrogens (tertiary/aromatic N) is 1. The fourth-order valence-corrected chi connectivity index (χ4v) is 1.39. The number of nitrogens with one attached hydrogen (secondary N) is 1. The van der Waals surface area contributed by atoms with Crippen LogP contribution in [0.3, 0.4) is 0 Å². The minimum Gasteiger partial charge on any atom is -0.387 e. The minimum absolute atomic E-state index is 0.254. The zero-order valence-corrected chi connectivity index (χ0v) is 9.34. The smallest absolute Gasteiger partial charge is 0.157 e. The zero-order valence-electron chi connectivity index (χ0n) is 9.34. The van der Waals surface area contributed by atoms with Gasteiger partial charge in [0.2, 0.25) is 0 Å². The van der Waals surface area contributed by atoms with Gasteiger partial charge in [0, 0.05) is 37.3 Å². The molecular formula is C11H20N2O. The van der Waals surface area contributed by atoms with Crippen LogP contribution in [0.2, 0.25) is 0 Å². The van der Waals surface area contributed by atoms with Crippen molar-refractivity contribution in [2.24, 2.45) is 0 Å². The van der Waals surface area contributed by atoms with E-state index in [1.165, 1.54) is 0 Å². The lowest BCUT2D eigenvalue weighted by atomic mass is 10.3. The highest BCUT2D eigenvalue weighted by Crippen LogP contribution is 2.11. The van der Waals surface area contributed by atoms with Gasteiger partial charge >= 0.3 is 0 Å². The average molecular weight is 196 g/mol. The van der Waals surface area contributed by atoms with E-state index >= 15 is 0 Å². The van der Waals surface area contributed by atoms with Crippen LogP contribution in [0.25, 0.3) is 0 Å². The van der Waals surface area contributed by atoms with Gasteiger partial charge in [0.1, 0.15) is 0 Å². The third-order valence-corrected chi connectivity index (χ3v) is 2.67. The molecule has 14 heavy (non-hydrogen) atoms. The van der Waals surface area contributed by atoms with Crippen molar-refractivity contribution in [3.05, 3.63) is 11.8 Å². The van der Waals surface area contributed by atoms with Gasteiger partial charge in [0.15, 0.2) is 5.78 Å². The minimum atomic E-state index is 0.254. The molecule has 1 rings (SSSR count). The van der Waals surface area contributed by atoms with Gasteiger partial charge in [0.25, 0.3) is 0 Å². The molecule has 0 saturated heterocycles. The molecule has 0 radical (unpaired) electrons. The van der Waals surface area contributed by atoms with Crippen molar-refractivity contribution in [3.63, 3.8) is 0 Å². The first-order valence-electron chi connectivity index (χ1n) is 5.27. The number of carbonyl (C=O) groups excluding carboxylic acids is 1. The van der Waals surface area contributed by atoms with Crippen LogP contribution >= 0.6 is 0 Å². The van der Waals surface area contributed by atoms with Crippen LogP contribution in [0.15, 0.2) is 11.8 Å². The lowest BCUT2D eigenvalue weighted by molar-refractivity contribution is -0.114. The van der Waals surface area contributed by atoms with Gasteiger partial charge in [-0.05, 0) is 27.3 Å². The molecule has 0 aromatic carbocycles. The number of hydrogen-bond donors (Lipinski definition) is 1. The van der Waals surface area contributed by atoms with Gasteiger partial charge in [-0.3, -0.25) is 4.79 Å². The van der Waals surface area contributed by atoms with E-state index in [0.717, 1.165) is 25.2 Å². The van der Waals surface area contributed by atoms with Crippen molar-refractivity contribution in [1.29, 1.82) is 0 Å². The van der Waals surface area contributed by atoms with E-state index in [9.17, 15) is 4.79 Å². The molecule has 80 valence electrons. The zero-order chi connectivity index (χ0) is 10.6. The number of ketones is 1. The normalized spacial score (nSPS) is 16.6. The van der Waals surface area contributed by atoms with Crippen molar-refractivity contribution in [3.8, 4) is 0 Å². The lowest BCUT2D eigenvalue weighted by Gasteiger charge is -2.21. The predicted molar refractivity (Wildman–Crippen MR) is 58.1 cm³/mol. The molecule has 0 aliphatic heterocycles. The summed E-state index contributed by atoms with van der Waals surface area (Å²) >= 11 is 0. The summed E-state index contributed by atoms with van der Waals surface area (Å²) in [6.45, 7) is 6.30. The van der Waals surface area contributed by atoms with E-state index in [1.54, 1.807) is 6.08 Å². The Morgan fingerprint density at radius 3 is 2.71 bits per heavy atom. The number of likely N-dealkylation sites (N-methyl/N-ethyl adjacent to an activating group) is 1. The summed E-state index contributed by atoms with van der Waals surface area (Å²) in [7, 11) is 2.11. The molecule has 0 fully saturated rings. The topological polar surface area (TPSA) is 32.3 Å². The summed E-state index contributed by atoms with van der Waals surface area (Å²) in [5.41, 5.74) is 1.10. The van der Waals surface area contributed by atoms with E-state index in [4.69, 9.17) is 0 Å². The Hall–Kier alpha value is -0.830. The fourth-order valence-electron chi connectivity index (χ4n) is 1.39. The second-order valence-corrected chi connectivity index (χ2v) is 4.14. The monoisotopic (exact) mass is 196 g/mol. The Kier molecular flexibility index (Phi) is 4.14. The molecule has 0 aromatic heterocycles. The van der Waals surface area contributed by atoms with Gasteiger partial charge in [-0.2, -0.15) is 0 Å². The van der Waals surface area contributed by atoms with Crippen molar-refractivity contribution in [2.75, 3.05) is 20.1 Å². The summed E-state index contributed by atoms with van der Waals surface area (Å²) in [5, 5.41) is 3.30. The maximum atomic E-state index is 10.9. The Bertz CT molecular complexity index is 233. The average Bonchev–Trinajstić information content (AvgIpc) is 2.51. The fraction of sp³-hybridized carbons (Fsp3) is 0.727. The molecule has 0 saturated carbocycles. The first-order chi connectivity index (χ1) is 6.59. The predicted octanol–water partition coefficient (Wildman–Crippen LogP) is 1.16. The van der Waals surface area contributed by atoms with Crippen molar-refractivity contribution >= 4 is 5.78 Å². The van der Waals surface area contributed by atoms with E-state index in [2.05, 4.69) is 31.1 Å². The maximum absolute atomic E-state index is 10.9. The standard InChI is InChI=1S/C11H20N2O/c1-9(2)13(3)7-6-12-10-4-5-11(14)8-10/h8-9,12H,4-7H2,1-3H3. The highest BCUT2D eigenvalue weighted by atomic mass is 16.1.